The van der Waals surface area contributed by atoms with Crippen LogP contribution in [0.25, 0.3) is 16.8 Å². The van der Waals surface area contributed by atoms with Gasteiger partial charge in [0.25, 0.3) is 11.8 Å². The molecule has 0 unspecified atom stereocenters. The van der Waals surface area contributed by atoms with Crippen molar-refractivity contribution in [3.63, 3.8) is 0 Å². The van der Waals surface area contributed by atoms with Gasteiger partial charge in [-0.15, -0.1) is 6.58 Å². The van der Waals surface area contributed by atoms with Crippen molar-refractivity contribution in [1.82, 2.24) is 5.32 Å². The van der Waals surface area contributed by atoms with Crippen LogP contribution < -0.4 is 15.0 Å². The van der Waals surface area contributed by atoms with E-state index in [-0.39, 0.29) is 11.3 Å². The van der Waals surface area contributed by atoms with Crippen LogP contribution in [0.2, 0.25) is 0 Å². The highest BCUT2D eigenvalue weighted by Crippen LogP contribution is 2.26. The highest BCUT2D eigenvalue weighted by atomic mass is 19.1. The van der Waals surface area contributed by atoms with Crippen molar-refractivity contribution in [2.75, 3.05) is 4.90 Å². The molecule has 0 radical (unpaired) electrons. The maximum atomic E-state index is 13.3. The second-order valence-electron chi connectivity index (χ2n) is 8.76. The topological polar surface area (TPSA) is 75.7 Å². The monoisotopic (exact) mass is 506 g/mol. The summed E-state index contributed by atoms with van der Waals surface area (Å²) in [4.78, 5) is 38.8. The molecule has 1 saturated heterocycles. The number of carbonyl (C=O) groups excluding carboxylic acids is 3. The number of hydrogen-bond acceptors (Lipinski definition) is 4. The molecule has 5 rings (SSSR count). The van der Waals surface area contributed by atoms with Crippen molar-refractivity contribution in [3.8, 4) is 5.75 Å². The molecule has 0 spiro atoms. The van der Waals surface area contributed by atoms with E-state index in [1.165, 1.54) is 18.2 Å². The van der Waals surface area contributed by atoms with E-state index >= 15 is 0 Å². The largest absolute Gasteiger partial charge is 0.489 e. The first-order valence-electron chi connectivity index (χ1n) is 11.9. The van der Waals surface area contributed by atoms with Gasteiger partial charge in [0.2, 0.25) is 0 Å². The Morgan fingerprint density at radius 1 is 0.895 bits per heavy atom. The average molecular weight is 507 g/mol. The Balaban J connectivity index is 1.40. The van der Waals surface area contributed by atoms with Crippen LogP contribution in [-0.4, -0.2) is 17.8 Å². The van der Waals surface area contributed by atoms with E-state index in [1.54, 1.807) is 18.2 Å². The number of ether oxygens (including phenoxy) is 1. The molecule has 0 aliphatic carbocycles. The van der Waals surface area contributed by atoms with Crippen molar-refractivity contribution in [2.45, 2.75) is 13.0 Å². The van der Waals surface area contributed by atoms with Gasteiger partial charge in [-0.1, -0.05) is 48.5 Å². The molecule has 7 heteroatoms. The lowest BCUT2D eigenvalue weighted by molar-refractivity contribution is -0.122. The molecule has 1 N–H and O–H groups in total. The number of fused-ring (bicyclic) bond motifs is 1. The molecule has 1 fully saturated rings. The Morgan fingerprint density at radius 2 is 1.66 bits per heavy atom. The molecule has 38 heavy (non-hydrogen) atoms. The molecular weight excluding hydrogens is 483 g/mol. The van der Waals surface area contributed by atoms with E-state index in [4.69, 9.17) is 4.74 Å². The molecule has 1 heterocycles. The molecule has 0 bridgehead atoms. The highest BCUT2D eigenvalue weighted by molar-refractivity contribution is 6.39. The van der Waals surface area contributed by atoms with Gasteiger partial charge in [-0.3, -0.25) is 14.9 Å². The number of nitrogens with one attached hydrogen (secondary N) is 1. The van der Waals surface area contributed by atoms with Crippen LogP contribution in [0, 0.1) is 5.82 Å². The summed E-state index contributed by atoms with van der Waals surface area (Å²) in [6.45, 7) is 4.18. The van der Waals surface area contributed by atoms with Gasteiger partial charge in [0.1, 0.15) is 23.7 Å². The van der Waals surface area contributed by atoms with Gasteiger partial charge in [0, 0.05) is 0 Å². The lowest BCUT2D eigenvalue weighted by Crippen LogP contribution is -2.54. The van der Waals surface area contributed by atoms with Crippen molar-refractivity contribution < 1.29 is 23.5 Å². The first-order chi connectivity index (χ1) is 18.4. The summed E-state index contributed by atoms with van der Waals surface area (Å²) in [6, 6.07) is 23.6. The zero-order chi connectivity index (χ0) is 26.6. The second-order valence-corrected chi connectivity index (χ2v) is 8.76. The first-order valence-corrected chi connectivity index (χ1v) is 11.9. The quantitative estimate of drug-likeness (QED) is 0.191. The van der Waals surface area contributed by atoms with Crippen LogP contribution in [0.4, 0.5) is 14.9 Å². The number of benzene rings is 4. The van der Waals surface area contributed by atoms with Gasteiger partial charge < -0.3 is 4.74 Å². The number of nitrogens with zero attached hydrogens (tertiary/aromatic N) is 1. The summed E-state index contributed by atoms with van der Waals surface area (Å²) in [5.74, 6) is -1.46. The maximum Gasteiger partial charge on any atom is 0.335 e. The van der Waals surface area contributed by atoms with Crippen LogP contribution >= 0.6 is 0 Å². The summed E-state index contributed by atoms with van der Waals surface area (Å²) in [5, 5.41) is 4.45. The normalized spacial score (nSPS) is 14.6. The third-order valence-corrected chi connectivity index (χ3v) is 6.15. The summed E-state index contributed by atoms with van der Waals surface area (Å²) < 4.78 is 19.4. The van der Waals surface area contributed by atoms with E-state index in [0.717, 1.165) is 38.9 Å². The minimum absolute atomic E-state index is 0.150. The van der Waals surface area contributed by atoms with Crippen LogP contribution in [0.5, 0.6) is 5.75 Å². The van der Waals surface area contributed by atoms with Gasteiger partial charge in [-0.2, -0.15) is 0 Å². The number of amides is 4. The number of halogens is 1. The summed E-state index contributed by atoms with van der Waals surface area (Å²) >= 11 is 0. The Labute approximate surface area is 218 Å². The minimum Gasteiger partial charge on any atom is -0.489 e. The molecular formula is C31H23FN2O4. The number of anilines is 1. The van der Waals surface area contributed by atoms with Gasteiger partial charge in [0.05, 0.1) is 5.69 Å². The number of imide groups is 2. The molecule has 188 valence electrons. The summed E-state index contributed by atoms with van der Waals surface area (Å²) in [6.07, 6.45) is 3.66. The number of allylic oxidation sites excluding steroid dienone is 1. The molecule has 4 aromatic rings. The van der Waals surface area contributed by atoms with Crippen LogP contribution in [0.1, 0.15) is 16.7 Å². The van der Waals surface area contributed by atoms with E-state index in [1.807, 2.05) is 24.3 Å². The van der Waals surface area contributed by atoms with Gasteiger partial charge in [0.15, 0.2) is 0 Å². The average Bonchev–Trinajstić information content (AvgIpc) is 2.91. The Bertz CT molecular complexity index is 1610. The standard InChI is InChI=1S/C31H23FN2O4/c1-2-5-24-16-20(9-15-28(24)38-19-21-8-10-22-6-3-4-7-23(22)17-21)18-27-29(35)33-31(37)34(30(27)36)26-13-11-25(32)12-14-26/h2-4,6-18H,1,5,19H2,(H,33,35,37)/b27-18+. The SMILES string of the molecule is C=CCc1cc(/C=C2\C(=O)NC(=O)N(c3ccc(F)cc3)C2=O)ccc1OCc1ccc2ccccc2c1. The van der Waals surface area contributed by atoms with E-state index in [9.17, 15) is 18.8 Å². The zero-order valence-electron chi connectivity index (χ0n) is 20.3. The fraction of sp³-hybridized carbons (Fsp3) is 0.0645. The number of rotatable bonds is 7. The predicted octanol–water partition coefficient (Wildman–Crippen LogP) is 5.95. The molecule has 0 atom stereocenters. The smallest absolute Gasteiger partial charge is 0.335 e. The van der Waals surface area contributed by atoms with Crippen LogP contribution in [-0.2, 0) is 22.6 Å². The number of hydrogen-bond donors (Lipinski definition) is 1. The zero-order valence-corrected chi connectivity index (χ0v) is 20.3. The predicted molar refractivity (Wildman–Crippen MR) is 144 cm³/mol. The molecule has 0 aromatic heterocycles. The maximum absolute atomic E-state index is 13.3. The molecule has 1 aliphatic heterocycles. The molecule has 1 aliphatic rings. The lowest BCUT2D eigenvalue weighted by atomic mass is 10.0. The minimum atomic E-state index is -0.895. The van der Waals surface area contributed by atoms with E-state index in [2.05, 4.69) is 36.2 Å². The van der Waals surface area contributed by atoms with Crippen LogP contribution in [0.3, 0.4) is 0 Å². The van der Waals surface area contributed by atoms with Gasteiger partial charge in [-0.25, -0.2) is 14.1 Å². The third-order valence-electron chi connectivity index (χ3n) is 6.15. The number of barbiturate groups is 1. The van der Waals surface area contributed by atoms with E-state index < -0.39 is 23.7 Å². The van der Waals surface area contributed by atoms with E-state index in [0.29, 0.717) is 24.3 Å². The third kappa shape index (κ3) is 5.08. The van der Waals surface area contributed by atoms with Crippen molar-refractivity contribution in [3.05, 3.63) is 126 Å². The second kappa shape index (κ2) is 10.5. The Morgan fingerprint density at radius 3 is 2.42 bits per heavy atom. The lowest BCUT2D eigenvalue weighted by Gasteiger charge is -2.26. The van der Waals surface area contributed by atoms with Crippen molar-refractivity contribution >= 4 is 40.4 Å². The summed E-state index contributed by atoms with van der Waals surface area (Å²) in [5.41, 5.74) is 2.35. The molecule has 4 aromatic carbocycles. The Hall–Kier alpha value is -5.04. The number of carbonyl (C=O) groups is 3. The highest BCUT2D eigenvalue weighted by Gasteiger charge is 2.36. The fourth-order valence-electron chi connectivity index (χ4n) is 4.28. The van der Waals surface area contributed by atoms with Gasteiger partial charge >= 0.3 is 6.03 Å². The van der Waals surface area contributed by atoms with Crippen LogP contribution in [0.15, 0.2) is 103 Å². The fourth-order valence-corrected chi connectivity index (χ4v) is 4.28. The molecule has 4 amide bonds. The summed E-state index contributed by atoms with van der Waals surface area (Å²) in [7, 11) is 0. The Kier molecular flexibility index (Phi) is 6.82. The van der Waals surface area contributed by atoms with Crippen molar-refractivity contribution in [2.24, 2.45) is 0 Å². The van der Waals surface area contributed by atoms with Gasteiger partial charge in [-0.05, 0) is 82.4 Å². The molecule has 0 saturated carbocycles. The first kappa shape index (κ1) is 24.6. The molecule has 6 nitrogen and oxygen atoms in total. The van der Waals surface area contributed by atoms with Crippen molar-refractivity contribution in [1.29, 1.82) is 0 Å². The number of urea groups is 1.